The number of thioether (sulfide) groups is 1. The molecule has 5 aromatic carbocycles. The first kappa shape index (κ1) is 49.7. The van der Waals surface area contributed by atoms with Gasteiger partial charge in [0.1, 0.15) is 28.8 Å². The molecule has 1 unspecified atom stereocenters. The summed E-state index contributed by atoms with van der Waals surface area (Å²) in [7, 11) is -3.53. The normalized spacial score (nSPS) is 16.2. The van der Waals surface area contributed by atoms with Gasteiger partial charge in [-0.25, -0.2) is 22.9 Å². The average molecular weight is 1020 g/mol. The van der Waals surface area contributed by atoms with Gasteiger partial charge in [-0.15, -0.1) is 23.1 Å². The van der Waals surface area contributed by atoms with Crippen LogP contribution < -0.4 is 15.4 Å². The van der Waals surface area contributed by atoms with Crippen LogP contribution in [0.15, 0.2) is 173 Å². The number of thiocarbonyl (C=S) groups is 1. The minimum absolute atomic E-state index is 0.0395. The summed E-state index contributed by atoms with van der Waals surface area (Å²) in [6.07, 6.45) is -0.0684. The summed E-state index contributed by atoms with van der Waals surface area (Å²) in [4.78, 5) is 55.2. The van der Waals surface area contributed by atoms with Gasteiger partial charge in [0.05, 0.1) is 12.0 Å². The van der Waals surface area contributed by atoms with Crippen LogP contribution in [0.25, 0.3) is 0 Å². The molecule has 2 atom stereocenters. The number of carbonyl (C=O) groups excluding carboxylic acids is 3. The van der Waals surface area contributed by atoms with Crippen LogP contribution in [0, 0.1) is 0 Å². The monoisotopic (exact) mass is 1010 g/mol. The maximum atomic E-state index is 14.9. The molecule has 8 rings (SSSR count). The van der Waals surface area contributed by atoms with Crippen molar-refractivity contribution in [3.8, 4) is 0 Å². The van der Waals surface area contributed by atoms with Gasteiger partial charge >= 0.3 is 6.09 Å². The van der Waals surface area contributed by atoms with Crippen LogP contribution in [0.5, 0.6) is 0 Å². The number of thiazole rings is 1. The van der Waals surface area contributed by atoms with E-state index in [9.17, 15) is 22.8 Å². The van der Waals surface area contributed by atoms with Crippen molar-refractivity contribution in [1.82, 2.24) is 19.9 Å². The largest absolute Gasteiger partial charge is 0.469 e. The molecule has 6 aromatic rings. The van der Waals surface area contributed by atoms with Crippen molar-refractivity contribution in [2.45, 2.75) is 55.9 Å². The highest BCUT2D eigenvalue weighted by molar-refractivity contribution is 8.00. The van der Waals surface area contributed by atoms with E-state index in [1.807, 2.05) is 152 Å². The number of hydrogen-bond donors (Lipinski definition) is 3. The van der Waals surface area contributed by atoms with Gasteiger partial charge < -0.3 is 19.6 Å². The fourth-order valence-electron chi connectivity index (χ4n) is 8.03. The SMILES string of the molecule is CC(C)(C)OC(=O)Nc1nc(/C(=N/OC(c2ccccc2)(c2ccccc2)c2ccccc2)C(=O)NC2C(=O)N3C(C(=S)OC(c4ccccc4)c4ccccc4)=C(CCNS(C)(=O)=O)CS[C@H]23)cs1. The lowest BCUT2D eigenvalue weighted by atomic mass is 9.80. The van der Waals surface area contributed by atoms with E-state index < -0.39 is 56.7 Å². The second kappa shape index (κ2) is 21.5. The number of hydrogen-bond acceptors (Lipinski definition) is 13. The number of ether oxygens (including phenoxy) is 2. The average Bonchev–Trinajstić information content (AvgIpc) is 3.81. The van der Waals surface area contributed by atoms with Crippen molar-refractivity contribution in [3.05, 3.63) is 202 Å². The molecule has 0 spiro atoms. The van der Waals surface area contributed by atoms with Gasteiger partial charge in [0.15, 0.2) is 10.8 Å². The number of anilines is 1. The van der Waals surface area contributed by atoms with Crippen LogP contribution >= 0.6 is 35.3 Å². The van der Waals surface area contributed by atoms with Gasteiger partial charge in [0.2, 0.25) is 20.7 Å². The van der Waals surface area contributed by atoms with E-state index in [2.05, 4.69) is 25.5 Å². The Balaban J connectivity index is 1.15. The summed E-state index contributed by atoms with van der Waals surface area (Å²) < 4.78 is 38.9. The van der Waals surface area contributed by atoms with E-state index in [0.717, 1.165) is 28.7 Å². The van der Waals surface area contributed by atoms with Crippen LogP contribution in [0.1, 0.15) is 66.8 Å². The number of nitrogens with one attached hydrogen (secondary N) is 3. The number of fused-ring (bicyclic) bond motifs is 1. The molecule has 0 bridgehead atoms. The third kappa shape index (κ3) is 11.5. The number of nitrogens with zero attached hydrogens (tertiary/aromatic N) is 3. The molecule has 14 nitrogen and oxygen atoms in total. The van der Waals surface area contributed by atoms with Crippen molar-refractivity contribution in [1.29, 1.82) is 0 Å². The topological polar surface area (TPSA) is 178 Å². The molecule has 3 N–H and O–H groups in total. The highest BCUT2D eigenvalue weighted by Crippen LogP contribution is 2.44. The summed E-state index contributed by atoms with van der Waals surface area (Å²) >= 11 is 8.50. The maximum absolute atomic E-state index is 14.9. The van der Waals surface area contributed by atoms with E-state index >= 15 is 0 Å². The minimum Gasteiger partial charge on any atom is -0.469 e. The molecule has 0 radical (unpaired) electrons. The first-order valence-electron chi connectivity index (χ1n) is 22.2. The zero-order chi connectivity index (χ0) is 49.5. The Kier molecular flexibility index (Phi) is 15.3. The molecule has 1 fully saturated rings. The molecule has 3 heterocycles. The van der Waals surface area contributed by atoms with Crippen LogP contribution in [-0.4, -0.2) is 82.5 Å². The predicted molar refractivity (Wildman–Crippen MR) is 277 cm³/mol. The number of benzene rings is 5. The van der Waals surface area contributed by atoms with Crippen molar-refractivity contribution < 1.29 is 37.1 Å². The molecule has 1 aromatic heterocycles. The molecule has 70 heavy (non-hydrogen) atoms. The lowest BCUT2D eigenvalue weighted by Crippen LogP contribution is -2.71. The number of carbonyl (C=O) groups is 3. The molecular weight excluding hydrogens is 965 g/mol. The molecule has 3 amide bonds. The van der Waals surface area contributed by atoms with Crippen LogP contribution in [0.4, 0.5) is 9.93 Å². The molecular formula is C52H50N6O8S4. The first-order valence-corrected chi connectivity index (χ1v) is 26.5. The lowest BCUT2D eigenvalue weighted by Gasteiger charge is -2.50. The molecule has 360 valence electrons. The third-order valence-electron chi connectivity index (χ3n) is 11.1. The maximum Gasteiger partial charge on any atom is 0.413 e. The molecule has 2 aliphatic rings. The Hall–Kier alpha value is -6.70. The second-order valence-corrected chi connectivity index (χ2v) is 21.5. The van der Waals surface area contributed by atoms with E-state index in [-0.39, 0.29) is 34.6 Å². The highest BCUT2D eigenvalue weighted by Gasteiger charge is 2.54. The number of oxime groups is 1. The number of amides is 3. The molecule has 2 aliphatic heterocycles. The number of β-lactam (4-membered cyclic amide) rings is 1. The van der Waals surface area contributed by atoms with Crippen LogP contribution in [-0.2, 0) is 39.5 Å². The van der Waals surface area contributed by atoms with Crippen molar-refractivity contribution in [2.75, 3.05) is 23.9 Å². The van der Waals surface area contributed by atoms with E-state index in [0.29, 0.717) is 33.7 Å². The Bertz CT molecular complexity index is 2870. The molecule has 18 heteroatoms. The van der Waals surface area contributed by atoms with Gasteiger partial charge in [-0.3, -0.25) is 19.8 Å². The zero-order valence-corrected chi connectivity index (χ0v) is 41.9. The Labute approximate surface area is 420 Å². The molecule has 1 saturated heterocycles. The van der Waals surface area contributed by atoms with Gasteiger partial charge in [0, 0.05) is 34.4 Å². The molecule has 0 saturated carbocycles. The van der Waals surface area contributed by atoms with E-state index in [4.69, 9.17) is 26.5 Å². The highest BCUT2D eigenvalue weighted by atomic mass is 32.2. The molecule has 0 aliphatic carbocycles. The van der Waals surface area contributed by atoms with E-state index in [1.54, 1.807) is 26.2 Å². The van der Waals surface area contributed by atoms with Crippen molar-refractivity contribution in [3.63, 3.8) is 0 Å². The van der Waals surface area contributed by atoms with Gasteiger partial charge in [0.25, 0.3) is 11.8 Å². The number of sulfonamides is 1. The van der Waals surface area contributed by atoms with Crippen molar-refractivity contribution >= 4 is 79.1 Å². The Morgan fingerprint density at radius 3 is 1.84 bits per heavy atom. The Morgan fingerprint density at radius 2 is 1.34 bits per heavy atom. The number of rotatable bonds is 17. The van der Waals surface area contributed by atoms with Gasteiger partial charge in [-0.1, -0.05) is 157 Å². The lowest BCUT2D eigenvalue weighted by molar-refractivity contribution is -0.144. The van der Waals surface area contributed by atoms with Crippen molar-refractivity contribution in [2.24, 2.45) is 5.16 Å². The summed E-state index contributed by atoms with van der Waals surface area (Å²) in [5.74, 6) is -0.915. The van der Waals surface area contributed by atoms with Crippen LogP contribution in [0.2, 0.25) is 0 Å². The first-order chi connectivity index (χ1) is 33.6. The van der Waals surface area contributed by atoms with E-state index in [1.165, 1.54) is 16.7 Å². The Morgan fingerprint density at radius 1 is 0.829 bits per heavy atom. The zero-order valence-electron chi connectivity index (χ0n) is 38.6. The smallest absolute Gasteiger partial charge is 0.413 e. The quantitative estimate of drug-likeness (QED) is 0.0261. The minimum atomic E-state index is -3.53. The standard InChI is InChI=1S/C52H50N6O8S4/c1-51(2,3)65-50(61)56-49-54-40(33-69-49)41(57-66-52(37-24-14-7-15-25-37,38-26-16-8-17-27-38)39-28-18-9-19-29-39)45(59)55-42-46(60)58-43(36(32-68-47(42)58)30-31-53-70(4,62)63)48(67)64-44(34-20-10-5-11-21-34)35-22-12-6-13-23-35/h5-29,33,42,44,47,53H,30-32H2,1-4H3,(H,55,59)(H,54,56,61)/b57-41-/t42?,47-/m1/s1. The third-order valence-corrected chi connectivity index (χ3v) is 14.2. The summed E-state index contributed by atoms with van der Waals surface area (Å²) in [6, 6.07) is 46.5. The summed E-state index contributed by atoms with van der Waals surface area (Å²) in [6.45, 7) is 5.27. The number of aromatic nitrogens is 1. The predicted octanol–water partition coefficient (Wildman–Crippen LogP) is 8.93. The second-order valence-electron chi connectivity index (χ2n) is 17.3. The van der Waals surface area contributed by atoms with Crippen LogP contribution in [0.3, 0.4) is 0 Å². The summed E-state index contributed by atoms with van der Waals surface area (Å²) in [5.41, 5.74) is 2.45. The van der Waals surface area contributed by atoms with Gasteiger partial charge in [-0.05, 0) is 56.1 Å². The fraction of sp³-hybridized carbons (Fsp3) is 0.231. The fourth-order valence-corrected chi connectivity index (χ4v) is 10.9. The summed E-state index contributed by atoms with van der Waals surface area (Å²) in [5, 5.41) is 11.3. The van der Waals surface area contributed by atoms with Gasteiger partial charge in [-0.2, -0.15) is 0 Å².